The third-order valence-electron chi connectivity index (χ3n) is 3.62. The predicted molar refractivity (Wildman–Crippen MR) is 82.0 cm³/mol. The number of carbonyl (C=O) groups excluding carboxylic acids is 1. The zero-order valence-corrected chi connectivity index (χ0v) is 14.9. The highest BCUT2D eigenvalue weighted by Crippen LogP contribution is 2.61. The average Bonchev–Trinajstić information content (AvgIpc) is 2.83. The first-order valence-corrected chi connectivity index (χ1v) is 14.0. The Morgan fingerprint density at radius 2 is 1.47 bits per heavy atom. The Kier molecular flexibility index (Phi) is 3.60. The lowest BCUT2D eigenvalue weighted by Gasteiger charge is -2.29. The molecule has 2 unspecified atom stereocenters. The van der Waals surface area contributed by atoms with Gasteiger partial charge in [0.25, 0.3) is 0 Å². The molecule has 2 atom stereocenters. The summed E-state index contributed by atoms with van der Waals surface area (Å²) in [4.78, 5) is 12.7. The Morgan fingerprint density at radius 1 is 1.00 bits per heavy atom. The van der Waals surface area contributed by atoms with Gasteiger partial charge in [-0.1, -0.05) is 12.2 Å². The minimum absolute atomic E-state index is 0.0900. The van der Waals surface area contributed by atoms with Crippen LogP contribution in [0.3, 0.4) is 0 Å². The summed E-state index contributed by atoms with van der Waals surface area (Å²) in [5.41, 5.74) is -0.631. The molecule has 0 saturated heterocycles. The summed E-state index contributed by atoms with van der Waals surface area (Å²) in [6.45, 7) is 12.6. The average molecular weight is 299 g/mol. The Hall–Kier alpha value is -0.396. The van der Waals surface area contributed by atoms with E-state index >= 15 is 0 Å². The lowest BCUT2D eigenvalue weighted by atomic mass is 10.1. The standard InChI is InChI=1S/C14H26O3Si2/c1-18(2,3)16-13(15)14(17-19(4,5)6)11-9-7-8-10-12(11)14/h7-8,11-12H,9-10H2,1-6H3. The smallest absolute Gasteiger partial charge is 0.324 e. The number of hydrogen-bond acceptors (Lipinski definition) is 3. The van der Waals surface area contributed by atoms with E-state index in [2.05, 4.69) is 51.4 Å². The third kappa shape index (κ3) is 3.03. The molecule has 2 aliphatic carbocycles. The van der Waals surface area contributed by atoms with E-state index in [9.17, 15) is 4.79 Å². The van der Waals surface area contributed by atoms with Crippen LogP contribution in [0.5, 0.6) is 0 Å². The molecule has 0 bridgehead atoms. The summed E-state index contributed by atoms with van der Waals surface area (Å²) in [7, 11) is -3.63. The van der Waals surface area contributed by atoms with Gasteiger partial charge < -0.3 is 8.85 Å². The molecule has 19 heavy (non-hydrogen) atoms. The molecule has 2 aliphatic rings. The van der Waals surface area contributed by atoms with E-state index in [0.29, 0.717) is 11.8 Å². The van der Waals surface area contributed by atoms with Gasteiger partial charge in [-0.25, -0.2) is 0 Å². The number of rotatable bonds is 4. The van der Waals surface area contributed by atoms with E-state index in [1.807, 2.05) is 0 Å². The summed E-state index contributed by atoms with van der Waals surface area (Å²) >= 11 is 0. The van der Waals surface area contributed by atoms with Crippen LogP contribution in [0.4, 0.5) is 0 Å². The van der Waals surface area contributed by atoms with Crippen LogP contribution in [0.15, 0.2) is 12.2 Å². The van der Waals surface area contributed by atoms with Gasteiger partial charge in [-0.3, -0.25) is 4.79 Å². The van der Waals surface area contributed by atoms with Crippen molar-refractivity contribution in [3.63, 3.8) is 0 Å². The van der Waals surface area contributed by atoms with Gasteiger partial charge in [-0.05, 0) is 52.1 Å². The number of hydrogen-bond donors (Lipinski definition) is 0. The summed E-state index contributed by atoms with van der Waals surface area (Å²) in [5, 5.41) is 0. The van der Waals surface area contributed by atoms with Crippen molar-refractivity contribution >= 4 is 22.6 Å². The van der Waals surface area contributed by atoms with Gasteiger partial charge >= 0.3 is 5.97 Å². The van der Waals surface area contributed by atoms with Gasteiger partial charge in [0, 0.05) is 11.8 Å². The Bertz CT molecular complexity index is 390. The lowest BCUT2D eigenvalue weighted by Crippen LogP contribution is -2.45. The van der Waals surface area contributed by atoms with Crippen molar-refractivity contribution in [1.82, 2.24) is 0 Å². The maximum Gasteiger partial charge on any atom is 0.324 e. The molecule has 3 nitrogen and oxygen atoms in total. The first kappa shape index (κ1) is 15.0. The Balaban J connectivity index is 2.20. The molecule has 2 rings (SSSR count). The monoisotopic (exact) mass is 298 g/mol. The van der Waals surface area contributed by atoms with Crippen molar-refractivity contribution in [2.24, 2.45) is 11.8 Å². The van der Waals surface area contributed by atoms with Gasteiger partial charge in [-0.15, -0.1) is 0 Å². The van der Waals surface area contributed by atoms with Crippen molar-refractivity contribution in [2.75, 3.05) is 0 Å². The van der Waals surface area contributed by atoms with Gasteiger partial charge in [0.1, 0.15) is 0 Å². The Morgan fingerprint density at radius 3 is 1.84 bits per heavy atom. The fourth-order valence-electron chi connectivity index (χ4n) is 3.03. The van der Waals surface area contributed by atoms with Gasteiger partial charge in [0.05, 0.1) is 0 Å². The lowest BCUT2D eigenvalue weighted by molar-refractivity contribution is -0.147. The molecule has 1 fully saturated rings. The first-order chi connectivity index (χ1) is 8.56. The van der Waals surface area contributed by atoms with Crippen LogP contribution >= 0.6 is 0 Å². The largest absolute Gasteiger partial charge is 0.518 e. The summed E-state index contributed by atoms with van der Waals surface area (Å²) < 4.78 is 12.1. The molecule has 5 heteroatoms. The van der Waals surface area contributed by atoms with Gasteiger partial charge in [-0.2, -0.15) is 0 Å². The molecular weight excluding hydrogens is 272 g/mol. The number of fused-ring (bicyclic) bond motifs is 1. The SMILES string of the molecule is C[Si](C)(C)OC(=O)C1(O[Si](C)(C)C)C2CC=CCC21. The molecule has 0 heterocycles. The highest BCUT2D eigenvalue weighted by Gasteiger charge is 2.72. The molecule has 108 valence electrons. The third-order valence-corrected chi connectivity index (χ3v) is 5.37. The summed E-state index contributed by atoms with van der Waals surface area (Å²) in [6, 6.07) is 0. The van der Waals surface area contributed by atoms with Gasteiger partial charge in [0.15, 0.2) is 13.9 Å². The van der Waals surface area contributed by atoms with E-state index in [4.69, 9.17) is 8.85 Å². The fourth-order valence-corrected chi connectivity index (χ4v) is 5.15. The molecule has 0 radical (unpaired) electrons. The predicted octanol–water partition coefficient (Wildman–Crippen LogP) is 3.55. The van der Waals surface area contributed by atoms with E-state index in [-0.39, 0.29) is 5.97 Å². The summed E-state index contributed by atoms with van der Waals surface area (Å²) in [6.07, 6.45) is 6.27. The molecule has 0 spiro atoms. The number of carbonyl (C=O) groups is 1. The second-order valence-electron chi connectivity index (χ2n) is 7.67. The molecule has 0 aliphatic heterocycles. The second kappa shape index (κ2) is 4.57. The topological polar surface area (TPSA) is 35.5 Å². The maximum absolute atomic E-state index is 12.7. The van der Waals surface area contributed by atoms with Crippen LogP contribution in [0.2, 0.25) is 39.3 Å². The highest BCUT2D eigenvalue weighted by atomic mass is 28.4. The zero-order chi connectivity index (χ0) is 14.5. The van der Waals surface area contributed by atoms with Crippen LogP contribution < -0.4 is 0 Å². The van der Waals surface area contributed by atoms with Crippen molar-refractivity contribution in [3.05, 3.63) is 12.2 Å². The van der Waals surface area contributed by atoms with Crippen molar-refractivity contribution in [2.45, 2.75) is 57.7 Å². The van der Waals surface area contributed by atoms with Crippen LogP contribution in [-0.4, -0.2) is 28.2 Å². The van der Waals surface area contributed by atoms with Crippen LogP contribution in [0.1, 0.15) is 12.8 Å². The minimum Gasteiger partial charge on any atom is -0.518 e. The molecule has 0 aromatic rings. The van der Waals surface area contributed by atoms with Gasteiger partial charge in [0.2, 0.25) is 8.32 Å². The van der Waals surface area contributed by atoms with Crippen molar-refractivity contribution < 1.29 is 13.6 Å². The summed E-state index contributed by atoms with van der Waals surface area (Å²) in [5.74, 6) is 0.592. The van der Waals surface area contributed by atoms with Crippen molar-refractivity contribution in [3.8, 4) is 0 Å². The van der Waals surface area contributed by atoms with E-state index in [1.54, 1.807) is 0 Å². The second-order valence-corrected chi connectivity index (χ2v) is 16.5. The molecule has 0 aromatic heterocycles. The van der Waals surface area contributed by atoms with Crippen molar-refractivity contribution in [1.29, 1.82) is 0 Å². The molecule has 0 aromatic carbocycles. The minimum atomic E-state index is -1.86. The van der Waals surface area contributed by atoms with Crippen LogP contribution in [0, 0.1) is 11.8 Å². The number of allylic oxidation sites excluding steroid dienone is 2. The quantitative estimate of drug-likeness (QED) is 0.588. The maximum atomic E-state index is 12.7. The molecule has 0 N–H and O–H groups in total. The fraction of sp³-hybridized carbons (Fsp3) is 0.786. The zero-order valence-electron chi connectivity index (χ0n) is 12.9. The van der Waals surface area contributed by atoms with E-state index < -0.39 is 22.2 Å². The van der Waals surface area contributed by atoms with E-state index in [0.717, 1.165) is 12.8 Å². The molecule has 1 saturated carbocycles. The normalized spacial score (nSPS) is 33.8. The Labute approximate surface area is 118 Å². The highest BCUT2D eigenvalue weighted by molar-refractivity contribution is 6.71. The van der Waals surface area contributed by atoms with E-state index in [1.165, 1.54) is 0 Å². The van der Waals surface area contributed by atoms with Crippen LogP contribution in [-0.2, 0) is 13.6 Å². The molecular formula is C14H26O3Si2. The van der Waals surface area contributed by atoms with Crippen LogP contribution in [0.25, 0.3) is 0 Å². The first-order valence-electron chi connectivity index (χ1n) is 7.15. The molecule has 0 amide bonds.